The molecule has 0 aliphatic carbocycles. The van der Waals surface area contributed by atoms with Crippen molar-refractivity contribution in [3.8, 4) is 11.8 Å². The number of nitrogens with zero attached hydrogens (tertiary/aromatic N) is 3. The lowest BCUT2D eigenvalue weighted by Gasteiger charge is -2.37. The zero-order chi connectivity index (χ0) is 25.5. The molecule has 2 aromatic carbocycles. The molecule has 4 atom stereocenters. The molecular formula is C27H40N3O4P. The first-order valence-corrected chi connectivity index (χ1v) is 13.6. The third-order valence-electron chi connectivity index (χ3n) is 6.63. The molecule has 1 N–H and O–H groups in total. The van der Waals surface area contributed by atoms with Crippen LogP contribution in [0.25, 0.3) is 10.8 Å². The molecule has 8 heteroatoms. The Balaban J connectivity index is 1.76. The first-order valence-electron chi connectivity index (χ1n) is 12.5. The third kappa shape index (κ3) is 6.92. The van der Waals surface area contributed by atoms with Crippen LogP contribution in [-0.4, -0.2) is 66.3 Å². The number of rotatable bonds is 12. The number of ether oxygens (including phenoxy) is 1. The molecule has 0 amide bonds. The summed E-state index contributed by atoms with van der Waals surface area (Å²) in [7, 11) is 0.337. The van der Waals surface area contributed by atoms with E-state index in [9.17, 15) is 5.11 Å². The Morgan fingerprint density at radius 3 is 2.40 bits per heavy atom. The Kier molecular flexibility index (Phi) is 10.3. The number of hydrogen-bond donors (Lipinski definition) is 1. The van der Waals surface area contributed by atoms with E-state index in [4.69, 9.17) is 19.0 Å². The third-order valence-corrected chi connectivity index (χ3v) is 8.79. The SMILES string of the molecule is COc1ccc2cc(C(C)N3CC(CO)C(OP(OCCC#N)N(C(C)C)C(C)C)C3)ccc2c1. The van der Waals surface area contributed by atoms with Crippen molar-refractivity contribution in [2.45, 2.75) is 65.3 Å². The van der Waals surface area contributed by atoms with Crippen LogP contribution in [-0.2, 0) is 9.05 Å². The van der Waals surface area contributed by atoms with Gasteiger partial charge in [-0.25, -0.2) is 4.67 Å². The number of benzene rings is 2. The van der Waals surface area contributed by atoms with Gasteiger partial charge in [0, 0.05) is 43.7 Å². The molecule has 0 spiro atoms. The second-order valence-corrected chi connectivity index (χ2v) is 11.1. The van der Waals surface area contributed by atoms with Crippen molar-refractivity contribution < 1.29 is 18.9 Å². The van der Waals surface area contributed by atoms with Crippen LogP contribution in [0, 0.1) is 17.2 Å². The van der Waals surface area contributed by atoms with Gasteiger partial charge in [0.15, 0.2) is 0 Å². The van der Waals surface area contributed by atoms with Crippen LogP contribution in [0.15, 0.2) is 36.4 Å². The number of fused-ring (bicyclic) bond motifs is 1. The number of hydrogen-bond acceptors (Lipinski definition) is 7. The maximum atomic E-state index is 10.2. The molecule has 7 nitrogen and oxygen atoms in total. The second kappa shape index (κ2) is 13.0. The molecule has 192 valence electrons. The Morgan fingerprint density at radius 1 is 1.09 bits per heavy atom. The summed E-state index contributed by atoms with van der Waals surface area (Å²) in [5.41, 5.74) is 1.23. The van der Waals surface area contributed by atoms with E-state index in [0.717, 1.165) is 24.2 Å². The normalized spacial score (nSPS) is 20.6. The van der Waals surface area contributed by atoms with Crippen molar-refractivity contribution in [2.75, 3.05) is 33.4 Å². The molecule has 0 bridgehead atoms. The fraction of sp³-hybridized carbons (Fsp3) is 0.593. The van der Waals surface area contributed by atoms with E-state index in [2.05, 4.69) is 80.6 Å². The molecule has 4 unspecified atom stereocenters. The smallest absolute Gasteiger partial charge is 0.259 e. The molecule has 1 fully saturated rings. The summed E-state index contributed by atoms with van der Waals surface area (Å²) in [4.78, 5) is 2.38. The summed E-state index contributed by atoms with van der Waals surface area (Å²) in [6.07, 6.45) is 0.192. The highest BCUT2D eigenvalue weighted by Crippen LogP contribution is 2.49. The van der Waals surface area contributed by atoms with Gasteiger partial charge in [-0.15, -0.1) is 0 Å². The maximum absolute atomic E-state index is 10.2. The summed E-state index contributed by atoms with van der Waals surface area (Å²) < 4.78 is 20.3. The van der Waals surface area contributed by atoms with E-state index in [0.29, 0.717) is 13.0 Å². The highest BCUT2D eigenvalue weighted by Gasteiger charge is 2.39. The molecule has 1 saturated heterocycles. The number of nitriles is 1. The van der Waals surface area contributed by atoms with Crippen molar-refractivity contribution >= 4 is 19.3 Å². The first-order chi connectivity index (χ1) is 16.8. The average molecular weight is 502 g/mol. The lowest BCUT2D eigenvalue weighted by molar-refractivity contribution is 0.0909. The first kappa shape index (κ1) is 27.8. The topological polar surface area (TPSA) is 78.2 Å². The molecule has 3 rings (SSSR count). The quantitative estimate of drug-likeness (QED) is 0.304. The number of aliphatic hydroxyl groups excluding tert-OH is 1. The van der Waals surface area contributed by atoms with Crippen molar-refractivity contribution in [1.29, 1.82) is 5.26 Å². The minimum Gasteiger partial charge on any atom is -0.497 e. The van der Waals surface area contributed by atoms with Gasteiger partial charge >= 0.3 is 0 Å². The highest BCUT2D eigenvalue weighted by atomic mass is 31.2. The minimum absolute atomic E-state index is 0.00732. The summed E-state index contributed by atoms with van der Waals surface area (Å²) in [5.74, 6) is 0.863. The molecule has 0 aromatic heterocycles. The molecule has 1 heterocycles. The van der Waals surface area contributed by atoms with Crippen LogP contribution in [0.5, 0.6) is 5.75 Å². The van der Waals surface area contributed by atoms with Crippen LogP contribution in [0.3, 0.4) is 0 Å². The zero-order valence-corrected chi connectivity index (χ0v) is 22.7. The monoisotopic (exact) mass is 501 g/mol. The highest BCUT2D eigenvalue weighted by molar-refractivity contribution is 7.44. The van der Waals surface area contributed by atoms with E-state index in [1.165, 1.54) is 10.9 Å². The predicted molar refractivity (Wildman–Crippen MR) is 141 cm³/mol. The summed E-state index contributed by atoms with van der Waals surface area (Å²) >= 11 is 0. The van der Waals surface area contributed by atoms with Crippen LogP contribution < -0.4 is 4.74 Å². The van der Waals surface area contributed by atoms with Gasteiger partial charge in [-0.2, -0.15) is 5.26 Å². The van der Waals surface area contributed by atoms with Gasteiger partial charge in [0.1, 0.15) is 5.75 Å². The average Bonchev–Trinajstić information content (AvgIpc) is 3.25. The van der Waals surface area contributed by atoms with Crippen molar-refractivity contribution in [3.05, 3.63) is 42.0 Å². The van der Waals surface area contributed by atoms with Gasteiger partial charge in [-0.05, 0) is 69.2 Å². The van der Waals surface area contributed by atoms with Crippen LogP contribution in [0.2, 0.25) is 0 Å². The summed E-state index contributed by atoms with van der Waals surface area (Å²) in [5, 5.41) is 21.5. The van der Waals surface area contributed by atoms with E-state index >= 15 is 0 Å². The van der Waals surface area contributed by atoms with Gasteiger partial charge in [0.25, 0.3) is 8.53 Å². The molecule has 1 aliphatic rings. The second-order valence-electron chi connectivity index (χ2n) is 9.74. The number of methoxy groups -OCH3 is 1. The van der Waals surface area contributed by atoms with Crippen molar-refractivity contribution in [3.63, 3.8) is 0 Å². The van der Waals surface area contributed by atoms with Crippen LogP contribution in [0.1, 0.15) is 52.6 Å². The van der Waals surface area contributed by atoms with E-state index < -0.39 is 8.53 Å². The van der Waals surface area contributed by atoms with Gasteiger partial charge in [-0.1, -0.05) is 18.2 Å². The van der Waals surface area contributed by atoms with Gasteiger partial charge in [-0.3, -0.25) is 4.90 Å². The molecule has 0 saturated carbocycles. The van der Waals surface area contributed by atoms with E-state index in [-0.39, 0.29) is 36.8 Å². The number of aliphatic hydroxyl groups is 1. The lowest BCUT2D eigenvalue weighted by Crippen LogP contribution is -2.36. The predicted octanol–water partition coefficient (Wildman–Crippen LogP) is 5.49. The van der Waals surface area contributed by atoms with Crippen molar-refractivity contribution in [2.24, 2.45) is 5.92 Å². The Bertz CT molecular complexity index is 988. The van der Waals surface area contributed by atoms with Crippen LogP contribution in [0.4, 0.5) is 0 Å². The fourth-order valence-corrected chi connectivity index (χ4v) is 6.51. The van der Waals surface area contributed by atoms with E-state index in [1.54, 1.807) is 7.11 Å². The Hall–Kier alpha value is -1.78. The largest absolute Gasteiger partial charge is 0.497 e. The Morgan fingerprint density at radius 2 is 1.77 bits per heavy atom. The number of likely N-dealkylation sites (tertiary alicyclic amines) is 1. The zero-order valence-electron chi connectivity index (χ0n) is 21.8. The molecule has 0 radical (unpaired) electrons. The molecule has 1 aliphatic heterocycles. The molecular weight excluding hydrogens is 461 g/mol. The van der Waals surface area contributed by atoms with E-state index in [1.807, 2.05) is 6.07 Å². The summed E-state index contributed by atoms with van der Waals surface area (Å²) in [6.45, 7) is 12.6. The molecule has 35 heavy (non-hydrogen) atoms. The standard InChI is InChI=1S/C27H40N3O4P/c1-19(2)30(20(3)4)35(33-13-7-12-28)34-27-17-29(16-25(27)18-31)21(5)22-8-9-24-15-26(32-6)11-10-23(24)14-22/h8-11,14-15,19-21,25,27,31H,7,13,16-18H2,1-6H3. The van der Waals surface area contributed by atoms with Crippen molar-refractivity contribution in [1.82, 2.24) is 9.57 Å². The minimum atomic E-state index is -1.35. The maximum Gasteiger partial charge on any atom is 0.259 e. The lowest BCUT2D eigenvalue weighted by atomic mass is 10.0. The van der Waals surface area contributed by atoms with Gasteiger partial charge in [0.05, 0.1) is 32.3 Å². The summed E-state index contributed by atoms with van der Waals surface area (Å²) in [6, 6.07) is 15.5. The van der Waals surface area contributed by atoms with Gasteiger partial charge < -0.3 is 18.9 Å². The fourth-order valence-electron chi connectivity index (χ4n) is 4.73. The van der Waals surface area contributed by atoms with Crippen LogP contribution >= 0.6 is 8.53 Å². The molecule has 2 aromatic rings. The Labute approximate surface area is 211 Å². The van der Waals surface area contributed by atoms with Gasteiger partial charge in [0.2, 0.25) is 0 Å².